The van der Waals surface area contributed by atoms with Crippen LogP contribution in [0.4, 0.5) is 4.39 Å². The summed E-state index contributed by atoms with van der Waals surface area (Å²) in [5, 5.41) is 2.87. The van der Waals surface area contributed by atoms with E-state index in [2.05, 4.69) is 12.2 Å². The van der Waals surface area contributed by atoms with Crippen LogP contribution < -0.4 is 5.32 Å². The fraction of sp³-hybridized carbons (Fsp3) is 0.600. The third-order valence-electron chi connectivity index (χ3n) is 5.46. The van der Waals surface area contributed by atoms with Crippen LogP contribution in [-0.4, -0.2) is 41.6 Å². The fourth-order valence-electron chi connectivity index (χ4n) is 3.91. The minimum Gasteiger partial charge on any atom is -0.354 e. The first-order valence-corrected chi connectivity index (χ1v) is 9.48. The van der Waals surface area contributed by atoms with Crippen LogP contribution >= 0.6 is 0 Å². The summed E-state index contributed by atoms with van der Waals surface area (Å²) in [6, 6.07) is 4.96. The van der Waals surface area contributed by atoms with Gasteiger partial charge in [0.2, 0.25) is 5.91 Å². The van der Waals surface area contributed by atoms with Crippen molar-refractivity contribution in [3.63, 3.8) is 0 Å². The van der Waals surface area contributed by atoms with E-state index in [1.807, 2.05) is 6.92 Å². The minimum atomic E-state index is -0.760. The largest absolute Gasteiger partial charge is 0.354 e. The molecule has 26 heavy (non-hydrogen) atoms. The molecule has 6 heteroatoms. The summed E-state index contributed by atoms with van der Waals surface area (Å²) in [7, 11) is 0. The molecule has 2 fully saturated rings. The maximum Gasteiger partial charge on any atom is 0.256 e. The molecule has 1 aromatic carbocycles. The van der Waals surface area contributed by atoms with Crippen LogP contribution in [0.15, 0.2) is 24.3 Å². The molecule has 1 aliphatic carbocycles. The number of ether oxygens (including phenoxy) is 1. The van der Waals surface area contributed by atoms with Gasteiger partial charge >= 0.3 is 0 Å². The first kappa shape index (κ1) is 18.8. The minimum absolute atomic E-state index is 0.186. The summed E-state index contributed by atoms with van der Waals surface area (Å²) in [6.07, 6.45) is 4.10. The van der Waals surface area contributed by atoms with Crippen molar-refractivity contribution in [2.45, 2.75) is 57.7 Å². The van der Waals surface area contributed by atoms with Crippen molar-refractivity contribution >= 4 is 11.8 Å². The molecule has 3 rings (SSSR count). The SMILES string of the molecule is CCCNC(=O)C1COC2(CCC(C)CC2)N1C(=O)c1cccc(F)c1. The van der Waals surface area contributed by atoms with Crippen LogP contribution in [0.5, 0.6) is 0 Å². The van der Waals surface area contributed by atoms with Crippen LogP contribution in [-0.2, 0) is 9.53 Å². The number of nitrogens with one attached hydrogen (secondary N) is 1. The number of carbonyl (C=O) groups is 2. The molecule has 1 heterocycles. The Kier molecular flexibility index (Phi) is 5.61. The zero-order valence-corrected chi connectivity index (χ0v) is 15.5. The van der Waals surface area contributed by atoms with E-state index in [4.69, 9.17) is 4.74 Å². The topological polar surface area (TPSA) is 58.6 Å². The monoisotopic (exact) mass is 362 g/mol. The Balaban J connectivity index is 1.91. The Morgan fingerprint density at radius 3 is 2.73 bits per heavy atom. The van der Waals surface area contributed by atoms with E-state index < -0.39 is 17.6 Å². The van der Waals surface area contributed by atoms with Gasteiger partial charge in [-0.3, -0.25) is 14.5 Å². The molecule has 1 saturated heterocycles. The molecule has 1 aliphatic heterocycles. The Labute approximate surface area is 153 Å². The molecule has 0 bridgehead atoms. The summed E-state index contributed by atoms with van der Waals surface area (Å²) in [4.78, 5) is 27.5. The highest BCUT2D eigenvalue weighted by Crippen LogP contribution is 2.43. The third-order valence-corrected chi connectivity index (χ3v) is 5.46. The summed E-state index contributed by atoms with van der Waals surface area (Å²) in [6.45, 7) is 4.91. The number of nitrogens with zero attached hydrogens (tertiary/aromatic N) is 1. The van der Waals surface area contributed by atoms with Crippen molar-refractivity contribution in [3.05, 3.63) is 35.6 Å². The van der Waals surface area contributed by atoms with E-state index in [0.717, 1.165) is 19.3 Å². The van der Waals surface area contributed by atoms with Gasteiger partial charge in [0.05, 0.1) is 6.61 Å². The number of hydrogen-bond donors (Lipinski definition) is 1. The van der Waals surface area contributed by atoms with Gasteiger partial charge < -0.3 is 10.1 Å². The van der Waals surface area contributed by atoms with Crippen LogP contribution in [0, 0.1) is 11.7 Å². The molecule has 0 aromatic heterocycles. The van der Waals surface area contributed by atoms with Gasteiger partial charge in [-0.25, -0.2) is 4.39 Å². The summed E-state index contributed by atoms with van der Waals surface area (Å²) in [5.74, 6) is -0.433. The lowest BCUT2D eigenvalue weighted by molar-refractivity contribution is -0.127. The van der Waals surface area contributed by atoms with E-state index in [0.29, 0.717) is 25.3 Å². The summed E-state index contributed by atoms with van der Waals surface area (Å²) in [5.41, 5.74) is -0.508. The average Bonchev–Trinajstić information content (AvgIpc) is 3.00. The average molecular weight is 362 g/mol. The number of amides is 2. The molecule has 1 spiro atoms. The zero-order chi connectivity index (χ0) is 18.7. The van der Waals surface area contributed by atoms with E-state index >= 15 is 0 Å². The predicted molar refractivity (Wildman–Crippen MR) is 96.0 cm³/mol. The van der Waals surface area contributed by atoms with Crippen molar-refractivity contribution in [2.24, 2.45) is 5.92 Å². The number of benzene rings is 1. The van der Waals surface area contributed by atoms with Gasteiger partial charge in [0.25, 0.3) is 5.91 Å². The zero-order valence-electron chi connectivity index (χ0n) is 15.5. The van der Waals surface area contributed by atoms with E-state index in [1.165, 1.54) is 18.2 Å². The van der Waals surface area contributed by atoms with Crippen LogP contribution in [0.25, 0.3) is 0 Å². The molecular formula is C20H27FN2O3. The summed E-state index contributed by atoms with van der Waals surface area (Å²) < 4.78 is 19.7. The number of rotatable bonds is 4. The standard InChI is InChI=1S/C20H27FN2O3/c1-3-11-22-18(24)17-13-26-20(9-7-14(2)8-10-20)23(17)19(25)15-5-4-6-16(21)12-15/h4-6,12,14,17H,3,7-11,13H2,1-2H3,(H,22,24). The van der Waals surface area contributed by atoms with Gasteiger partial charge in [-0.05, 0) is 56.2 Å². The van der Waals surface area contributed by atoms with E-state index in [9.17, 15) is 14.0 Å². The lowest BCUT2D eigenvalue weighted by atomic mass is 9.83. The van der Waals surface area contributed by atoms with Gasteiger partial charge in [-0.1, -0.05) is 19.9 Å². The first-order chi connectivity index (χ1) is 12.5. The van der Waals surface area contributed by atoms with Crippen LogP contribution in [0.1, 0.15) is 56.3 Å². The van der Waals surface area contributed by atoms with Gasteiger partial charge in [0.1, 0.15) is 17.6 Å². The number of hydrogen-bond acceptors (Lipinski definition) is 3. The fourth-order valence-corrected chi connectivity index (χ4v) is 3.91. The molecular weight excluding hydrogens is 335 g/mol. The third kappa shape index (κ3) is 3.61. The Hall–Kier alpha value is -1.95. The smallest absolute Gasteiger partial charge is 0.256 e. The summed E-state index contributed by atoms with van der Waals surface area (Å²) >= 11 is 0. The molecule has 142 valence electrons. The second kappa shape index (κ2) is 7.74. The molecule has 1 aromatic rings. The van der Waals surface area contributed by atoms with Crippen molar-refractivity contribution in [2.75, 3.05) is 13.2 Å². The lowest BCUT2D eigenvalue weighted by Crippen LogP contribution is -2.56. The molecule has 2 aliphatic rings. The quantitative estimate of drug-likeness (QED) is 0.895. The maximum absolute atomic E-state index is 13.6. The molecule has 5 nitrogen and oxygen atoms in total. The van der Waals surface area contributed by atoms with Gasteiger partial charge in [0.15, 0.2) is 0 Å². The van der Waals surface area contributed by atoms with Gasteiger partial charge in [-0.2, -0.15) is 0 Å². The number of carbonyl (C=O) groups excluding carboxylic acids is 2. The second-order valence-electron chi connectivity index (χ2n) is 7.43. The van der Waals surface area contributed by atoms with Gasteiger partial charge in [-0.15, -0.1) is 0 Å². The van der Waals surface area contributed by atoms with Crippen molar-refractivity contribution in [1.82, 2.24) is 10.2 Å². The lowest BCUT2D eigenvalue weighted by Gasteiger charge is -2.43. The molecule has 2 amide bonds. The second-order valence-corrected chi connectivity index (χ2v) is 7.43. The Bertz CT molecular complexity index is 671. The van der Waals surface area contributed by atoms with E-state index in [1.54, 1.807) is 11.0 Å². The normalized spacial score (nSPS) is 28.3. The van der Waals surface area contributed by atoms with Crippen LogP contribution in [0.2, 0.25) is 0 Å². The molecule has 1 unspecified atom stereocenters. The highest BCUT2D eigenvalue weighted by Gasteiger charge is 2.53. The van der Waals surface area contributed by atoms with E-state index in [-0.39, 0.29) is 24.0 Å². The highest BCUT2D eigenvalue weighted by molar-refractivity contribution is 5.98. The Morgan fingerprint density at radius 2 is 2.08 bits per heavy atom. The van der Waals surface area contributed by atoms with Gasteiger partial charge in [0, 0.05) is 12.1 Å². The number of halogens is 1. The van der Waals surface area contributed by atoms with Crippen molar-refractivity contribution in [3.8, 4) is 0 Å². The molecule has 1 N–H and O–H groups in total. The van der Waals surface area contributed by atoms with Crippen molar-refractivity contribution < 1.29 is 18.7 Å². The highest BCUT2D eigenvalue weighted by atomic mass is 19.1. The van der Waals surface area contributed by atoms with Crippen LogP contribution in [0.3, 0.4) is 0 Å². The van der Waals surface area contributed by atoms with Crippen molar-refractivity contribution in [1.29, 1.82) is 0 Å². The maximum atomic E-state index is 13.6. The first-order valence-electron chi connectivity index (χ1n) is 9.48. The molecule has 1 saturated carbocycles. The predicted octanol–water partition coefficient (Wildman–Crippen LogP) is 3.10. The molecule has 1 atom stereocenters. The Morgan fingerprint density at radius 1 is 1.35 bits per heavy atom. The molecule has 0 radical (unpaired) electrons.